The zero-order valence-electron chi connectivity index (χ0n) is 10.8. The zero-order chi connectivity index (χ0) is 13.8. The number of rotatable bonds is 4. The minimum absolute atomic E-state index is 0.164. The van der Waals surface area contributed by atoms with E-state index in [4.69, 9.17) is 5.84 Å². The van der Waals surface area contributed by atoms with Crippen LogP contribution in [0, 0.1) is 6.92 Å². The van der Waals surface area contributed by atoms with Crippen molar-refractivity contribution in [3.05, 3.63) is 40.0 Å². The van der Waals surface area contributed by atoms with Crippen molar-refractivity contribution in [2.75, 3.05) is 12.5 Å². The Hall–Kier alpha value is -1.99. The highest BCUT2D eigenvalue weighted by molar-refractivity contribution is 7.09. The number of amides is 1. The van der Waals surface area contributed by atoms with Crippen LogP contribution in [-0.4, -0.2) is 27.8 Å². The van der Waals surface area contributed by atoms with E-state index in [9.17, 15) is 4.79 Å². The number of anilines is 1. The van der Waals surface area contributed by atoms with Crippen LogP contribution in [0.4, 0.5) is 5.82 Å². The first-order valence-electron chi connectivity index (χ1n) is 5.70. The molecule has 0 aliphatic rings. The minimum Gasteiger partial charge on any atom is -0.334 e. The van der Waals surface area contributed by atoms with E-state index < -0.39 is 0 Å². The first kappa shape index (κ1) is 13.4. The second kappa shape index (κ2) is 5.77. The van der Waals surface area contributed by atoms with Gasteiger partial charge in [0.05, 0.1) is 17.2 Å². The van der Waals surface area contributed by atoms with Gasteiger partial charge in [-0.25, -0.2) is 15.8 Å². The van der Waals surface area contributed by atoms with Gasteiger partial charge in [-0.3, -0.25) is 4.79 Å². The number of pyridine rings is 1. The number of nitrogens with one attached hydrogen (secondary N) is 1. The summed E-state index contributed by atoms with van der Waals surface area (Å²) >= 11 is 1.57. The lowest BCUT2D eigenvalue weighted by Gasteiger charge is -2.15. The molecular weight excluding hydrogens is 262 g/mol. The number of nitrogen functional groups attached to an aromatic ring is 1. The molecule has 2 aromatic heterocycles. The van der Waals surface area contributed by atoms with Gasteiger partial charge in [-0.15, -0.1) is 11.3 Å². The van der Waals surface area contributed by atoms with Crippen molar-refractivity contribution in [3.8, 4) is 0 Å². The molecule has 6 nitrogen and oxygen atoms in total. The van der Waals surface area contributed by atoms with Crippen LogP contribution in [-0.2, 0) is 6.54 Å². The van der Waals surface area contributed by atoms with Crippen molar-refractivity contribution in [1.29, 1.82) is 0 Å². The van der Waals surface area contributed by atoms with E-state index in [2.05, 4.69) is 15.4 Å². The standard InChI is InChI=1S/C12H15N5OS/c1-8-14-9(7-19-8)6-17(2)12(18)10-4-3-5-11(15-10)16-13/h3-5,7H,6,13H2,1-2H3,(H,15,16). The second-order valence-electron chi connectivity index (χ2n) is 4.07. The number of hydrogen-bond donors (Lipinski definition) is 2. The second-order valence-corrected chi connectivity index (χ2v) is 5.13. The number of carbonyl (C=O) groups excluding carboxylic acids is 1. The molecule has 0 atom stereocenters. The van der Waals surface area contributed by atoms with Crippen molar-refractivity contribution in [2.45, 2.75) is 13.5 Å². The van der Waals surface area contributed by atoms with Crippen LogP contribution in [0.25, 0.3) is 0 Å². The molecule has 2 heterocycles. The molecule has 0 unspecified atom stereocenters. The van der Waals surface area contributed by atoms with Gasteiger partial charge in [0, 0.05) is 12.4 Å². The Morgan fingerprint density at radius 1 is 1.47 bits per heavy atom. The van der Waals surface area contributed by atoms with E-state index in [1.54, 1.807) is 41.5 Å². The van der Waals surface area contributed by atoms with Crippen LogP contribution in [0.5, 0.6) is 0 Å². The summed E-state index contributed by atoms with van der Waals surface area (Å²) in [6.45, 7) is 2.40. The van der Waals surface area contributed by atoms with Crippen LogP contribution in [0.15, 0.2) is 23.6 Å². The summed E-state index contributed by atoms with van der Waals surface area (Å²) in [6, 6.07) is 5.09. The predicted octanol–water partition coefficient (Wildman–Crippen LogP) is 1.40. The van der Waals surface area contributed by atoms with E-state index in [1.165, 1.54) is 0 Å². The molecule has 0 saturated heterocycles. The maximum absolute atomic E-state index is 12.2. The summed E-state index contributed by atoms with van der Waals surface area (Å²) in [5, 5.41) is 2.94. The molecule has 2 rings (SSSR count). The van der Waals surface area contributed by atoms with Gasteiger partial charge in [-0.1, -0.05) is 6.07 Å². The maximum Gasteiger partial charge on any atom is 0.272 e. The third-order valence-corrected chi connectivity index (χ3v) is 3.35. The van der Waals surface area contributed by atoms with Gasteiger partial charge in [0.25, 0.3) is 5.91 Å². The summed E-state index contributed by atoms with van der Waals surface area (Å²) in [4.78, 5) is 22.2. The number of aromatic nitrogens is 2. The zero-order valence-corrected chi connectivity index (χ0v) is 11.6. The summed E-state index contributed by atoms with van der Waals surface area (Å²) < 4.78 is 0. The Balaban J connectivity index is 2.09. The summed E-state index contributed by atoms with van der Waals surface area (Å²) in [5.74, 6) is 5.57. The fraction of sp³-hybridized carbons (Fsp3) is 0.250. The first-order valence-corrected chi connectivity index (χ1v) is 6.58. The van der Waals surface area contributed by atoms with E-state index in [-0.39, 0.29) is 5.91 Å². The summed E-state index contributed by atoms with van der Waals surface area (Å²) in [6.07, 6.45) is 0. The number of nitrogens with two attached hydrogens (primary N) is 1. The monoisotopic (exact) mass is 277 g/mol. The normalized spacial score (nSPS) is 10.3. The molecule has 0 bridgehead atoms. The Labute approximate surface area is 115 Å². The third-order valence-electron chi connectivity index (χ3n) is 2.53. The van der Waals surface area contributed by atoms with E-state index in [0.29, 0.717) is 18.1 Å². The Kier molecular flexibility index (Phi) is 4.08. The van der Waals surface area contributed by atoms with Gasteiger partial charge in [0.15, 0.2) is 0 Å². The molecule has 1 amide bonds. The van der Waals surface area contributed by atoms with Crippen LogP contribution >= 0.6 is 11.3 Å². The van der Waals surface area contributed by atoms with Gasteiger partial charge >= 0.3 is 0 Å². The van der Waals surface area contributed by atoms with Crippen molar-refractivity contribution in [2.24, 2.45) is 5.84 Å². The maximum atomic E-state index is 12.2. The molecule has 7 heteroatoms. The van der Waals surface area contributed by atoms with Gasteiger partial charge in [-0.2, -0.15) is 0 Å². The summed E-state index contributed by atoms with van der Waals surface area (Å²) in [7, 11) is 1.72. The number of hydrogen-bond acceptors (Lipinski definition) is 6. The average molecular weight is 277 g/mol. The molecule has 0 spiro atoms. The van der Waals surface area contributed by atoms with Crippen LogP contribution in [0.3, 0.4) is 0 Å². The lowest BCUT2D eigenvalue weighted by Crippen LogP contribution is -2.27. The van der Waals surface area contributed by atoms with Crippen molar-refractivity contribution in [3.63, 3.8) is 0 Å². The number of nitrogens with zero attached hydrogens (tertiary/aromatic N) is 3. The molecular formula is C12H15N5OS. The third kappa shape index (κ3) is 3.27. The molecule has 0 aliphatic carbocycles. The fourth-order valence-corrected chi connectivity index (χ4v) is 2.23. The first-order chi connectivity index (χ1) is 9.10. The van der Waals surface area contributed by atoms with Crippen LogP contribution in [0.2, 0.25) is 0 Å². The van der Waals surface area contributed by atoms with Gasteiger partial charge in [-0.05, 0) is 19.1 Å². The lowest BCUT2D eigenvalue weighted by atomic mass is 10.3. The van der Waals surface area contributed by atoms with Crippen LogP contribution in [0.1, 0.15) is 21.2 Å². The van der Waals surface area contributed by atoms with Crippen LogP contribution < -0.4 is 11.3 Å². The van der Waals surface area contributed by atoms with E-state index >= 15 is 0 Å². The smallest absolute Gasteiger partial charge is 0.272 e. The number of carbonyl (C=O) groups is 1. The fourth-order valence-electron chi connectivity index (χ4n) is 1.63. The largest absolute Gasteiger partial charge is 0.334 e. The lowest BCUT2D eigenvalue weighted by molar-refractivity contribution is 0.0778. The SMILES string of the molecule is Cc1nc(CN(C)C(=O)c2cccc(NN)n2)cs1. The molecule has 19 heavy (non-hydrogen) atoms. The Morgan fingerprint density at radius 3 is 2.89 bits per heavy atom. The number of aryl methyl sites for hydroxylation is 1. The molecule has 100 valence electrons. The molecule has 0 aromatic carbocycles. The minimum atomic E-state index is -0.164. The van der Waals surface area contributed by atoms with Gasteiger partial charge in [0.1, 0.15) is 11.5 Å². The Bertz CT molecular complexity index is 583. The van der Waals surface area contributed by atoms with Gasteiger partial charge < -0.3 is 10.3 Å². The highest BCUT2D eigenvalue weighted by Gasteiger charge is 2.14. The molecule has 2 aromatic rings. The highest BCUT2D eigenvalue weighted by atomic mass is 32.1. The van der Waals surface area contributed by atoms with Crippen molar-refractivity contribution >= 4 is 23.1 Å². The van der Waals surface area contributed by atoms with Crippen molar-refractivity contribution in [1.82, 2.24) is 14.9 Å². The van der Waals surface area contributed by atoms with Gasteiger partial charge in [0.2, 0.25) is 0 Å². The summed E-state index contributed by atoms with van der Waals surface area (Å²) in [5.41, 5.74) is 3.65. The van der Waals surface area contributed by atoms with E-state index in [1.807, 2.05) is 12.3 Å². The highest BCUT2D eigenvalue weighted by Crippen LogP contribution is 2.12. The molecule has 3 N–H and O–H groups in total. The van der Waals surface area contributed by atoms with Crippen molar-refractivity contribution < 1.29 is 4.79 Å². The molecule has 0 fully saturated rings. The quantitative estimate of drug-likeness (QED) is 0.652. The number of thiazole rings is 1. The van der Waals surface area contributed by atoms with E-state index in [0.717, 1.165) is 10.7 Å². The Morgan fingerprint density at radius 2 is 2.26 bits per heavy atom. The predicted molar refractivity (Wildman–Crippen MR) is 74.7 cm³/mol. The molecule has 0 saturated carbocycles. The number of hydrazine groups is 1. The molecule has 0 aliphatic heterocycles. The average Bonchev–Trinajstić information content (AvgIpc) is 2.83. The topological polar surface area (TPSA) is 84.1 Å². The molecule has 0 radical (unpaired) electrons.